The highest BCUT2D eigenvalue weighted by molar-refractivity contribution is 6.02. The van der Waals surface area contributed by atoms with Gasteiger partial charge in [-0.3, -0.25) is 0 Å². The van der Waals surface area contributed by atoms with E-state index in [1.807, 2.05) is 0 Å². The zero-order valence-electron chi connectivity index (χ0n) is 39.6. The van der Waals surface area contributed by atoms with Gasteiger partial charge in [-0.2, -0.15) is 0 Å². The van der Waals surface area contributed by atoms with E-state index in [2.05, 4.69) is 300 Å². The third kappa shape index (κ3) is 8.11. The van der Waals surface area contributed by atoms with Crippen LogP contribution in [0.3, 0.4) is 0 Å². The van der Waals surface area contributed by atoms with Crippen LogP contribution in [0.4, 0.5) is 0 Å². The van der Waals surface area contributed by atoms with Crippen LogP contribution in [0.25, 0.3) is 122 Å². The number of hydrogen-bond donors (Lipinski definition) is 0. The lowest BCUT2D eigenvalue weighted by Gasteiger charge is -2.14. The first-order chi connectivity index (χ1) is 35.7. The van der Waals surface area contributed by atoms with Gasteiger partial charge in [-0.15, -0.1) is 0 Å². The fourth-order valence-electron chi connectivity index (χ4n) is 10.4. The minimum absolute atomic E-state index is 1.11. The van der Waals surface area contributed by atoms with Crippen molar-refractivity contribution in [3.05, 3.63) is 291 Å². The zero-order valence-corrected chi connectivity index (χ0v) is 39.6. The SMILES string of the molecule is c1ccc(-c2ccc(-c3ccc(-n4c(-c5ccc(-c6ccccc6)cc5)cc5cc6c(cc(-c7ccc(-c8ccccc8)cc7)n6-c6ccc(-c7ccc(-c8ccccc8)cc7)cc6)cc54)cc3)cc2)cc1. The first-order valence-corrected chi connectivity index (χ1v) is 24.7. The maximum atomic E-state index is 2.44. The molecule has 72 heavy (non-hydrogen) atoms. The van der Waals surface area contributed by atoms with E-state index in [9.17, 15) is 0 Å². The third-order valence-electron chi connectivity index (χ3n) is 14.2. The predicted molar refractivity (Wildman–Crippen MR) is 304 cm³/mol. The van der Waals surface area contributed by atoms with Crippen molar-refractivity contribution >= 4 is 21.8 Å². The summed E-state index contributed by atoms with van der Waals surface area (Å²) < 4.78 is 4.89. The van der Waals surface area contributed by atoms with Crippen molar-refractivity contribution in [1.82, 2.24) is 9.13 Å². The van der Waals surface area contributed by atoms with Gasteiger partial charge in [0.25, 0.3) is 0 Å². The van der Waals surface area contributed by atoms with Crippen molar-refractivity contribution in [3.63, 3.8) is 0 Å². The number of hydrogen-bond acceptors (Lipinski definition) is 0. The van der Waals surface area contributed by atoms with Gasteiger partial charge < -0.3 is 9.13 Å². The van der Waals surface area contributed by atoms with Gasteiger partial charge in [-0.1, -0.05) is 243 Å². The molecule has 0 fully saturated rings. The van der Waals surface area contributed by atoms with E-state index in [1.165, 1.54) is 77.5 Å². The van der Waals surface area contributed by atoms with Crippen LogP contribution >= 0.6 is 0 Å². The van der Waals surface area contributed by atoms with E-state index in [0.29, 0.717) is 0 Å². The van der Waals surface area contributed by atoms with Gasteiger partial charge >= 0.3 is 0 Å². The first kappa shape index (κ1) is 42.6. The fourth-order valence-corrected chi connectivity index (χ4v) is 10.4. The predicted octanol–water partition coefficient (Wildman–Crippen LogP) is 18.9. The average Bonchev–Trinajstić information content (AvgIpc) is 4.04. The summed E-state index contributed by atoms with van der Waals surface area (Å²) >= 11 is 0. The van der Waals surface area contributed by atoms with Crippen molar-refractivity contribution in [1.29, 1.82) is 0 Å². The Kier molecular flexibility index (Phi) is 10.9. The number of fused-ring (bicyclic) bond motifs is 2. The molecule has 0 bridgehead atoms. The van der Waals surface area contributed by atoms with E-state index in [1.54, 1.807) is 0 Å². The molecule has 0 spiro atoms. The van der Waals surface area contributed by atoms with Crippen LogP contribution in [0, 0.1) is 0 Å². The molecule has 0 aliphatic rings. The Bertz CT molecular complexity index is 3700. The maximum Gasteiger partial charge on any atom is 0.0542 e. The monoisotopic (exact) mass is 916 g/mol. The van der Waals surface area contributed by atoms with Crippen LogP contribution < -0.4 is 0 Å². The van der Waals surface area contributed by atoms with E-state index in [4.69, 9.17) is 0 Å². The van der Waals surface area contributed by atoms with Crippen LogP contribution in [0.1, 0.15) is 0 Å². The molecule has 0 radical (unpaired) electrons. The molecule has 2 nitrogen and oxygen atoms in total. The first-order valence-electron chi connectivity index (χ1n) is 24.7. The molecule has 11 aromatic carbocycles. The minimum atomic E-state index is 1.11. The maximum absolute atomic E-state index is 2.44. The smallest absolute Gasteiger partial charge is 0.0542 e. The molecule has 2 heterocycles. The van der Waals surface area contributed by atoms with Gasteiger partial charge in [0.2, 0.25) is 0 Å². The van der Waals surface area contributed by atoms with Gasteiger partial charge in [0.1, 0.15) is 0 Å². The topological polar surface area (TPSA) is 9.86 Å². The quantitative estimate of drug-likeness (QED) is 0.129. The van der Waals surface area contributed by atoms with Gasteiger partial charge in [0.15, 0.2) is 0 Å². The van der Waals surface area contributed by atoms with Crippen LogP contribution in [0.2, 0.25) is 0 Å². The molecule has 2 aromatic heterocycles. The molecule has 0 saturated carbocycles. The molecule has 13 aromatic rings. The van der Waals surface area contributed by atoms with E-state index in [0.717, 1.165) is 44.9 Å². The highest BCUT2D eigenvalue weighted by Gasteiger charge is 2.19. The lowest BCUT2D eigenvalue weighted by atomic mass is 10.00. The Labute approximate surface area is 420 Å². The summed E-state index contributed by atoms with van der Waals surface area (Å²) in [6.45, 7) is 0. The molecule has 0 N–H and O–H groups in total. The highest BCUT2D eigenvalue weighted by atomic mass is 15.0. The van der Waals surface area contributed by atoms with E-state index < -0.39 is 0 Å². The van der Waals surface area contributed by atoms with Crippen molar-refractivity contribution in [3.8, 4) is 101 Å². The average molecular weight is 917 g/mol. The van der Waals surface area contributed by atoms with Crippen LogP contribution in [0.15, 0.2) is 291 Å². The summed E-state index contributed by atoms with van der Waals surface area (Å²) in [6, 6.07) is 106. The van der Waals surface area contributed by atoms with Crippen LogP contribution in [-0.2, 0) is 0 Å². The highest BCUT2D eigenvalue weighted by Crippen LogP contribution is 2.40. The molecule has 0 aliphatic heterocycles. The zero-order chi connectivity index (χ0) is 47.8. The molecule has 0 atom stereocenters. The Morgan fingerprint density at radius 1 is 0.167 bits per heavy atom. The number of nitrogens with zero attached hydrogens (tertiary/aromatic N) is 2. The minimum Gasteiger partial charge on any atom is -0.309 e. The van der Waals surface area contributed by atoms with Crippen LogP contribution in [0.5, 0.6) is 0 Å². The molecule has 13 rings (SSSR count). The summed E-state index contributed by atoms with van der Waals surface area (Å²) in [5, 5.41) is 2.34. The number of aromatic nitrogens is 2. The molecular formula is C70H48N2. The molecule has 2 heteroatoms. The van der Waals surface area contributed by atoms with Crippen molar-refractivity contribution in [2.24, 2.45) is 0 Å². The fraction of sp³-hybridized carbons (Fsp3) is 0. The van der Waals surface area contributed by atoms with Crippen molar-refractivity contribution in [2.45, 2.75) is 0 Å². The number of rotatable bonds is 10. The van der Waals surface area contributed by atoms with E-state index >= 15 is 0 Å². The lowest BCUT2D eigenvalue weighted by Crippen LogP contribution is -1.98. The van der Waals surface area contributed by atoms with Gasteiger partial charge in [-0.05, 0) is 126 Å². The number of benzene rings is 11. The Hall–Kier alpha value is -9.50. The normalized spacial score (nSPS) is 11.3. The van der Waals surface area contributed by atoms with Gasteiger partial charge in [0.05, 0.1) is 22.4 Å². The van der Waals surface area contributed by atoms with Gasteiger partial charge in [0, 0.05) is 22.1 Å². The van der Waals surface area contributed by atoms with Crippen molar-refractivity contribution in [2.75, 3.05) is 0 Å². The summed E-state index contributed by atoms with van der Waals surface area (Å²) in [6.07, 6.45) is 0. The van der Waals surface area contributed by atoms with E-state index in [-0.39, 0.29) is 0 Å². The summed E-state index contributed by atoms with van der Waals surface area (Å²) in [5.74, 6) is 0. The van der Waals surface area contributed by atoms with Crippen LogP contribution in [-0.4, -0.2) is 9.13 Å². The summed E-state index contributed by atoms with van der Waals surface area (Å²) in [7, 11) is 0. The summed E-state index contributed by atoms with van der Waals surface area (Å²) in [4.78, 5) is 0. The Morgan fingerprint density at radius 2 is 0.361 bits per heavy atom. The van der Waals surface area contributed by atoms with Crippen molar-refractivity contribution < 1.29 is 0 Å². The molecule has 0 unspecified atom stereocenters. The second-order valence-corrected chi connectivity index (χ2v) is 18.6. The second kappa shape index (κ2) is 18.4. The summed E-state index contributed by atoms with van der Waals surface area (Å²) in [5.41, 5.74) is 23.6. The Morgan fingerprint density at radius 3 is 0.597 bits per heavy atom. The lowest BCUT2D eigenvalue weighted by molar-refractivity contribution is 1.13. The largest absolute Gasteiger partial charge is 0.309 e. The molecule has 338 valence electrons. The Balaban J connectivity index is 0.937. The molecule has 0 saturated heterocycles. The standard InChI is InChI=1S/C70H48N2/c1-5-13-49(14-6-1)53-21-25-57(26-22-53)59-37-41-65(42-38-59)71-67(61-33-29-55(30-34-61)51-17-9-3-10-18-51)45-63-48-70-64(47-69(63)71)46-68(62-35-31-56(32-36-62)52-19-11-4-12-20-52)72(70)66-43-39-60(40-44-66)58-27-23-54(24-28-58)50-15-7-2-8-16-50/h1-48H. The second-order valence-electron chi connectivity index (χ2n) is 18.6. The third-order valence-corrected chi connectivity index (χ3v) is 14.2. The molecule has 0 amide bonds. The molecule has 0 aliphatic carbocycles. The molecular weight excluding hydrogens is 869 g/mol. The van der Waals surface area contributed by atoms with Gasteiger partial charge in [-0.25, -0.2) is 0 Å².